The van der Waals surface area contributed by atoms with Crippen molar-refractivity contribution in [3.05, 3.63) is 30.3 Å². The molecule has 0 radical (unpaired) electrons. The second-order valence-electron chi connectivity index (χ2n) is 5.38. The molecule has 0 saturated carbocycles. The second kappa shape index (κ2) is 5.67. The smallest absolute Gasteiger partial charge is 0.307 e. The number of hydrogen-bond donors (Lipinski definition) is 2. The molecule has 1 aromatic carbocycles. The normalized spacial score (nSPS) is 12.8. The van der Waals surface area contributed by atoms with Gasteiger partial charge in [0.15, 0.2) is 0 Å². The first-order chi connectivity index (χ1) is 8.30. The van der Waals surface area contributed by atoms with Crippen LogP contribution in [-0.2, 0) is 9.59 Å². The lowest BCUT2D eigenvalue weighted by Crippen LogP contribution is -2.32. The minimum absolute atomic E-state index is 0.0201. The average Bonchev–Trinajstić information content (AvgIpc) is 2.25. The van der Waals surface area contributed by atoms with E-state index in [-0.39, 0.29) is 12.3 Å². The summed E-state index contributed by atoms with van der Waals surface area (Å²) in [6.45, 7) is 5.46. The Balaban J connectivity index is 2.66. The minimum atomic E-state index is -0.939. The summed E-state index contributed by atoms with van der Waals surface area (Å²) in [6.07, 6.45) is -0.0201. The summed E-state index contributed by atoms with van der Waals surface area (Å²) in [5, 5.41) is 11.8. The van der Waals surface area contributed by atoms with Crippen molar-refractivity contribution in [2.45, 2.75) is 27.2 Å². The van der Waals surface area contributed by atoms with Crippen LogP contribution >= 0.6 is 0 Å². The van der Waals surface area contributed by atoms with Crippen molar-refractivity contribution in [2.24, 2.45) is 11.3 Å². The molecule has 0 aliphatic rings. The molecule has 1 rings (SSSR count). The molecular weight excluding hydrogens is 230 g/mol. The molecule has 0 bridgehead atoms. The van der Waals surface area contributed by atoms with Crippen LogP contribution in [0.25, 0.3) is 0 Å². The molecule has 1 amide bonds. The molecule has 0 aliphatic heterocycles. The van der Waals surface area contributed by atoms with Crippen molar-refractivity contribution < 1.29 is 14.7 Å². The second-order valence-corrected chi connectivity index (χ2v) is 5.38. The average molecular weight is 249 g/mol. The Morgan fingerprint density at radius 3 is 2.22 bits per heavy atom. The highest BCUT2D eigenvalue weighted by molar-refractivity contribution is 5.93. The maximum absolute atomic E-state index is 11.8. The Labute approximate surface area is 107 Å². The van der Waals surface area contributed by atoms with Crippen molar-refractivity contribution >= 4 is 17.6 Å². The molecule has 2 N–H and O–H groups in total. The van der Waals surface area contributed by atoms with Gasteiger partial charge in [0.25, 0.3) is 0 Å². The Hall–Kier alpha value is -1.84. The van der Waals surface area contributed by atoms with Gasteiger partial charge in [0.05, 0.1) is 5.92 Å². The zero-order chi connectivity index (χ0) is 13.8. The van der Waals surface area contributed by atoms with Gasteiger partial charge in [-0.15, -0.1) is 0 Å². The third-order valence-corrected chi connectivity index (χ3v) is 2.79. The van der Waals surface area contributed by atoms with Gasteiger partial charge < -0.3 is 10.4 Å². The fourth-order valence-corrected chi connectivity index (χ4v) is 1.68. The minimum Gasteiger partial charge on any atom is -0.481 e. The van der Waals surface area contributed by atoms with Crippen LogP contribution in [0.3, 0.4) is 0 Å². The van der Waals surface area contributed by atoms with E-state index in [0.717, 1.165) is 0 Å². The number of para-hydroxylation sites is 1. The van der Waals surface area contributed by atoms with Crippen LogP contribution in [0.4, 0.5) is 5.69 Å². The Kier molecular flexibility index (Phi) is 4.48. The van der Waals surface area contributed by atoms with Gasteiger partial charge in [-0.25, -0.2) is 0 Å². The van der Waals surface area contributed by atoms with E-state index in [4.69, 9.17) is 5.11 Å². The van der Waals surface area contributed by atoms with Gasteiger partial charge in [-0.2, -0.15) is 0 Å². The molecule has 0 spiro atoms. The highest BCUT2D eigenvalue weighted by atomic mass is 16.4. The van der Waals surface area contributed by atoms with Crippen molar-refractivity contribution in [2.75, 3.05) is 5.32 Å². The van der Waals surface area contributed by atoms with Gasteiger partial charge in [0.2, 0.25) is 5.91 Å². The molecule has 1 atom stereocenters. The highest BCUT2D eigenvalue weighted by Crippen LogP contribution is 2.29. The van der Waals surface area contributed by atoms with E-state index in [2.05, 4.69) is 5.32 Å². The van der Waals surface area contributed by atoms with Crippen LogP contribution in [0, 0.1) is 11.3 Å². The molecule has 0 aliphatic carbocycles. The lowest BCUT2D eigenvalue weighted by atomic mass is 9.78. The summed E-state index contributed by atoms with van der Waals surface area (Å²) in [7, 11) is 0. The number of carboxylic acid groups (broad SMARTS) is 1. The molecular formula is C14H19NO3. The fourth-order valence-electron chi connectivity index (χ4n) is 1.68. The van der Waals surface area contributed by atoms with Crippen molar-refractivity contribution in [3.63, 3.8) is 0 Å². The van der Waals surface area contributed by atoms with Crippen molar-refractivity contribution in [3.8, 4) is 0 Å². The molecule has 0 unspecified atom stereocenters. The van der Waals surface area contributed by atoms with Crippen LogP contribution in [0.1, 0.15) is 27.2 Å². The van der Waals surface area contributed by atoms with Gasteiger partial charge in [-0.1, -0.05) is 39.0 Å². The standard InChI is InChI=1S/C14H19NO3/c1-14(2,3)11(13(17)18)9-12(16)15-10-7-5-4-6-8-10/h4-8,11H,9H2,1-3H3,(H,15,16)(H,17,18)/t11-/m0/s1. The number of anilines is 1. The Morgan fingerprint density at radius 2 is 1.78 bits per heavy atom. The Bertz CT molecular complexity index is 420. The first kappa shape index (κ1) is 14.2. The van der Waals surface area contributed by atoms with E-state index in [1.807, 2.05) is 39.0 Å². The maximum atomic E-state index is 11.8. The number of hydrogen-bond acceptors (Lipinski definition) is 2. The SMILES string of the molecule is CC(C)(C)[C@@H](CC(=O)Nc1ccccc1)C(=O)O. The number of amides is 1. The van der Waals surface area contributed by atoms with Gasteiger partial charge >= 0.3 is 5.97 Å². The predicted molar refractivity (Wildman–Crippen MR) is 70.3 cm³/mol. The third-order valence-electron chi connectivity index (χ3n) is 2.79. The number of carbonyl (C=O) groups is 2. The fraction of sp³-hybridized carbons (Fsp3) is 0.429. The van der Waals surface area contributed by atoms with Crippen molar-refractivity contribution in [1.82, 2.24) is 0 Å². The lowest BCUT2D eigenvalue weighted by Gasteiger charge is -2.26. The third kappa shape index (κ3) is 4.20. The van der Waals surface area contributed by atoms with Crippen LogP contribution in [-0.4, -0.2) is 17.0 Å². The van der Waals surface area contributed by atoms with E-state index in [1.165, 1.54) is 0 Å². The molecule has 0 saturated heterocycles. The molecule has 4 nitrogen and oxygen atoms in total. The predicted octanol–water partition coefficient (Wildman–Crippen LogP) is 2.76. The van der Waals surface area contributed by atoms with Crippen LogP contribution in [0.15, 0.2) is 30.3 Å². The lowest BCUT2D eigenvalue weighted by molar-refractivity contribution is -0.147. The number of carbonyl (C=O) groups excluding carboxylic acids is 1. The van der Waals surface area contributed by atoms with E-state index >= 15 is 0 Å². The number of nitrogens with one attached hydrogen (secondary N) is 1. The molecule has 0 fully saturated rings. The zero-order valence-corrected chi connectivity index (χ0v) is 10.9. The van der Waals surface area contributed by atoms with Gasteiger partial charge in [0.1, 0.15) is 0 Å². The molecule has 0 heterocycles. The summed E-state index contributed by atoms with van der Waals surface area (Å²) < 4.78 is 0. The van der Waals surface area contributed by atoms with Gasteiger partial charge in [0, 0.05) is 12.1 Å². The Morgan fingerprint density at radius 1 is 1.22 bits per heavy atom. The topological polar surface area (TPSA) is 66.4 Å². The van der Waals surface area contributed by atoms with Crippen LogP contribution < -0.4 is 5.32 Å². The van der Waals surface area contributed by atoms with Crippen LogP contribution in [0.5, 0.6) is 0 Å². The van der Waals surface area contributed by atoms with E-state index < -0.39 is 17.3 Å². The highest BCUT2D eigenvalue weighted by Gasteiger charge is 2.33. The van der Waals surface area contributed by atoms with E-state index in [9.17, 15) is 9.59 Å². The quantitative estimate of drug-likeness (QED) is 0.862. The van der Waals surface area contributed by atoms with Gasteiger partial charge in [-0.05, 0) is 17.5 Å². The summed E-state index contributed by atoms with van der Waals surface area (Å²) >= 11 is 0. The largest absolute Gasteiger partial charge is 0.481 e. The number of carboxylic acids is 1. The van der Waals surface area contributed by atoms with Crippen LogP contribution in [0.2, 0.25) is 0 Å². The molecule has 4 heteroatoms. The summed E-state index contributed by atoms with van der Waals surface area (Å²) in [5.74, 6) is -1.91. The molecule has 0 aromatic heterocycles. The first-order valence-electron chi connectivity index (χ1n) is 5.88. The van der Waals surface area contributed by atoms with Gasteiger partial charge in [-0.3, -0.25) is 9.59 Å². The number of aliphatic carboxylic acids is 1. The van der Waals surface area contributed by atoms with E-state index in [0.29, 0.717) is 5.69 Å². The maximum Gasteiger partial charge on any atom is 0.307 e. The summed E-state index contributed by atoms with van der Waals surface area (Å²) in [5.41, 5.74) is 0.236. The zero-order valence-electron chi connectivity index (χ0n) is 10.9. The number of rotatable bonds is 4. The van der Waals surface area contributed by atoms with E-state index in [1.54, 1.807) is 12.1 Å². The summed E-state index contributed by atoms with van der Waals surface area (Å²) in [6, 6.07) is 9.02. The molecule has 18 heavy (non-hydrogen) atoms. The number of benzene rings is 1. The van der Waals surface area contributed by atoms with Crippen molar-refractivity contribution in [1.29, 1.82) is 0 Å². The molecule has 98 valence electrons. The first-order valence-corrected chi connectivity index (χ1v) is 5.88. The molecule has 1 aromatic rings. The summed E-state index contributed by atoms with van der Waals surface area (Å²) in [4.78, 5) is 23.0. The monoisotopic (exact) mass is 249 g/mol.